The van der Waals surface area contributed by atoms with Crippen LogP contribution in [0.3, 0.4) is 0 Å². The molecule has 0 spiro atoms. The van der Waals surface area contributed by atoms with Crippen LogP contribution in [-0.4, -0.2) is 16.1 Å². The molecule has 0 amide bonds. The van der Waals surface area contributed by atoms with Crippen molar-refractivity contribution in [2.24, 2.45) is 0 Å². The van der Waals surface area contributed by atoms with E-state index in [2.05, 4.69) is 14.8 Å². The standard InChI is InChI=1S/C15H14N4O/c1-10(2)20-13-6-14-11(4-5-12(7-16)17-3)8-18-15(14)19-9-13/h5-6,8-10H,4H2,1-2H3,(H,18,19)/b12-5-. The summed E-state index contributed by atoms with van der Waals surface area (Å²) >= 11 is 0. The number of aromatic amines is 1. The van der Waals surface area contributed by atoms with Crippen LogP contribution in [0, 0.1) is 17.9 Å². The molecule has 0 aliphatic carbocycles. The van der Waals surface area contributed by atoms with E-state index in [4.69, 9.17) is 16.6 Å². The first-order valence-corrected chi connectivity index (χ1v) is 6.24. The highest BCUT2D eigenvalue weighted by molar-refractivity contribution is 5.81. The van der Waals surface area contributed by atoms with E-state index in [9.17, 15) is 0 Å². The monoisotopic (exact) mass is 266 g/mol. The minimum Gasteiger partial charge on any atom is -0.489 e. The third-order valence-corrected chi connectivity index (χ3v) is 2.71. The van der Waals surface area contributed by atoms with Crippen LogP contribution >= 0.6 is 0 Å². The number of aromatic nitrogens is 2. The smallest absolute Gasteiger partial charge is 0.258 e. The van der Waals surface area contributed by atoms with Crippen LogP contribution in [0.2, 0.25) is 0 Å². The molecule has 2 rings (SSSR count). The zero-order valence-corrected chi connectivity index (χ0v) is 11.3. The molecule has 20 heavy (non-hydrogen) atoms. The summed E-state index contributed by atoms with van der Waals surface area (Å²) in [5.74, 6) is 0.711. The van der Waals surface area contributed by atoms with Crippen LogP contribution in [0.25, 0.3) is 15.9 Å². The van der Waals surface area contributed by atoms with Gasteiger partial charge in [-0.15, -0.1) is 0 Å². The maximum Gasteiger partial charge on any atom is 0.258 e. The molecule has 2 aromatic rings. The van der Waals surface area contributed by atoms with Gasteiger partial charge in [0.05, 0.1) is 24.9 Å². The second kappa shape index (κ2) is 5.90. The molecule has 0 radical (unpaired) electrons. The molecule has 0 unspecified atom stereocenters. The van der Waals surface area contributed by atoms with E-state index in [0.29, 0.717) is 12.2 Å². The summed E-state index contributed by atoms with van der Waals surface area (Å²) in [4.78, 5) is 10.5. The van der Waals surface area contributed by atoms with Crippen molar-refractivity contribution in [2.75, 3.05) is 0 Å². The predicted octanol–water partition coefficient (Wildman–Crippen LogP) is 3.22. The number of allylic oxidation sites excluding steroid dienone is 2. The number of hydrogen-bond donors (Lipinski definition) is 1. The number of rotatable bonds is 4. The molecule has 0 bridgehead atoms. The SMILES string of the molecule is [C-]#[N+]/C(C#N)=C\Cc1c[nH]c2ncc(OC(C)C)cc12. The van der Waals surface area contributed by atoms with Crippen molar-refractivity contribution in [3.63, 3.8) is 0 Å². The largest absolute Gasteiger partial charge is 0.489 e. The molecule has 100 valence electrons. The highest BCUT2D eigenvalue weighted by Gasteiger charge is 2.07. The van der Waals surface area contributed by atoms with Crippen molar-refractivity contribution in [2.45, 2.75) is 26.4 Å². The Hall–Kier alpha value is -2.79. The van der Waals surface area contributed by atoms with Gasteiger partial charge in [-0.3, -0.25) is 0 Å². The Labute approximate surface area is 117 Å². The molecule has 1 N–H and O–H groups in total. The zero-order chi connectivity index (χ0) is 14.5. The first-order chi connectivity index (χ1) is 9.63. The Bertz CT molecular complexity index is 712. The third-order valence-electron chi connectivity index (χ3n) is 2.71. The van der Waals surface area contributed by atoms with Gasteiger partial charge in [-0.2, -0.15) is 0 Å². The normalized spacial score (nSPS) is 11.3. The molecular formula is C15H14N4O. The lowest BCUT2D eigenvalue weighted by Gasteiger charge is -2.09. The molecule has 5 heteroatoms. The summed E-state index contributed by atoms with van der Waals surface area (Å²) in [6.45, 7) is 10.8. The topological polar surface area (TPSA) is 66.1 Å². The van der Waals surface area contributed by atoms with Gasteiger partial charge >= 0.3 is 0 Å². The molecule has 2 aromatic heterocycles. The number of H-pyrrole nitrogens is 1. The summed E-state index contributed by atoms with van der Waals surface area (Å²) in [7, 11) is 0. The molecule has 0 aromatic carbocycles. The molecule has 0 fully saturated rings. The van der Waals surface area contributed by atoms with Gasteiger partial charge < -0.3 is 9.72 Å². The number of hydrogen-bond acceptors (Lipinski definition) is 3. The van der Waals surface area contributed by atoms with Crippen molar-refractivity contribution >= 4 is 11.0 Å². The van der Waals surface area contributed by atoms with E-state index in [0.717, 1.165) is 16.6 Å². The van der Waals surface area contributed by atoms with Crippen molar-refractivity contribution in [1.82, 2.24) is 9.97 Å². The van der Waals surface area contributed by atoms with E-state index >= 15 is 0 Å². The van der Waals surface area contributed by atoms with E-state index in [-0.39, 0.29) is 11.8 Å². The molecule has 0 saturated carbocycles. The van der Waals surface area contributed by atoms with Crippen LogP contribution in [0.1, 0.15) is 19.4 Å². The van der Waals surface area contributed by atoms with Gasteiger partial charge in [0.1, 0.15) is 11.4 Å². The van der Waals surface area contributed by atoms with Crippen molar-refractivity contribution in [3.8, 4) is 11.8 Å². The van der Waals surface area contributed by atoms with Crippen molar-refractivity contribution in [3.05, 3.63) is 47.2 Å². The fourth-order valence-corrected chi connectivity index (χ4v) is 1.87. The highest BCUT2D eigenvalue weighted by Crippen LogP contribution is 2.23. The maximum atomic E-state index is 8.74. The first-order valence-electron chi connectivity index (χ1n) is 6.24. The van der Waals surface area contributed by atoms with Crippen LogP contribution in [0.15, 0.2) is 30.2 Å². The van der Waals surface area contributed by atoms with Crippen LogP contribution in [-0.2, 0) is 6.42 Å². The second-order valence-corrected chi connectivity index (χ2v) is 4.56. The van der Waals surface area contributed by atoms with Gasteiger partial charge in [-0.05, 0) is 31.9 Å². The van der Waals surface area contributed by atoms with Gasteiger partial charge in [-0.1, -0.05) is 6.08 Å². The lowest BCUT2D eigenvalue weighted by Crippen LogP contribution is -2.05. The predicted molar refractivity (Wildman–Crippen MR) is 75.9 cm³/mol. The van der Waals surface area contributed by atoms with Crippen LogP contribution in [0.5, 0.6) is 5.75 Å². The van der Waals surface area contributed by atoms with Gasteiger partial charge in [-0.25, -0.2) is 15.1 Å². The Morgan fingerprint density at radius 3 is 3.10 bits per heavy atom. The Balaban J connectivity index is 2.33. The summed E-state index contributed by atoms with van der Waals surface area (Å²) in [6.07, 6.45) is 5.73. The second-order valence-electron chi connectivity index (χ2n) is 4.56. The summed E-state index contributed by atoms with van der Waals surface area (Å²) in [5, 5.41) is 9.68. The average molecular weight is 266 g/mol. The van der Waals surface area contributed by atoms with Crippen molar-refractivity contribution in [1.29, 1.82) is 5.26 Å². The van der Waals surface area contributed by atoms with Crippen LogP contribution in [0.4, 0.5) is 0 Å². The summed E-state index contributed by atoms with van der Waals surface area (Å²) < 4.78 is 5.62. The van der Waals surface area contributed by atoms with E-state index in [1.165, 1.54) is 0 Å². The summed E-state index contributed by atoms with van der Waals surface area (Å²) in [5.41, 5.74) is 1.85. The van der Waals surface area contributed by atoms with Gasteiger partial charge in [0.25, 0.3) is 5.70 Å². The number of nitrogens with zero attached hydrogens (tertiary/aromatic N) is 3. The van der Waals surface area contributed by atoms with Crippen LogP contribution < -0.4 is 4.74 Å². The molecule has 0 aliphatic heterocycles. The Kier molecular flexibility index (Phi) is 4.02. The average Bonchev–Trinajstić information content (AvgIpc) is 2.82. The molecule has 0 aliphatic rings. The lowest BCUT2D eigenvalue weighted by molar-refractivity contribution is 0.242. The van der Waals surface area contributed by atoms with Gasteiger partial charge in [0.15, 0.2) is 0 Å². The Morgan fingerprint density at radius 1 is 1.65 bits per heavy atom. The van der Waals surface area contributed by atoms with E-state index in [1.54, 1.807) is 12.3 Å². The fraction of sp³-hybridized carbons (Fsp3) is 0.267. The molecule has 5 nitrogen and oxygen atoms in total. The van der Waals surface area contributed by atoms with E-state index in [1.807, 2.05) is 32.2 Å². The number of nitriles is 1. The number of fused-ring (bicyclic) bond motifs is 1. The zero-order valence-electron chi connectivity index (χ0n) is 11.3. The highest BCUT2D eigenvalue weighted by atomic mass is 16.5. The Morgan fingerprint density at radius 2 is 2.45 bits per heavy atom. The first kappa shape index (κ1) is 13.6. The number of ether oxygens (including phenoxy) is 1. The molecule has 2 heterocycles. The quantitative estimate of drug-likeness (QED) is 0.682. The van der Waals surface area contributed by atoms with Crippen molar-refractivity contribution < 1.29 is 4.74 Å². The minimum atomic E-state index is 0.0869. The maximum absolute atomic E-state index is 8.74. The lowest BCUT2D eigenvalue weighted by atomic mass is 10.1. The van der Waals surface area contributed by atoms with Gasteiger partial charge in [0, 0.05) is 11.6 Å². The van der Waals surface area contributed by atoms with Gasteiger partial charge in [0.2, 0.25) is 0 Å². The molecule has 0 atom stereocenters. The van der Waals surface area contributed by atoms with E-state index < -0.39 is 0 Å². The minimum absolute atomic E-state index is 0.0869. The number of nitrogens with one attached hydrogen (secondary N) is 1. The number of pyridine rings is 1. The third kappa shape index (κ3) is 2.96. The molecular weight excluding hydrogens is 252 g/mol. The summed E-state index contributed by atoms with van der Waals surface area (Å²) in [6, 6.07) is 3.78. The molecule has 0 saturated heterocycles. The fourth-order valence-electron chi connectivity index (χ4n) is 1.87.